The molecule has 0 saturated carbocycles. The van der Waals surface area contributed by atoms with Crippen LogP contribution in [0.25, 0.3) is 11.0 Å². The number of carbonyl (C=O) groups is 1. The van der Waals surface area contributed by atoms with Crippen molar-refractivity contribution in [1.82, 2.24) is 15.3 Å². The van der Waals surface area contributed by atoms with Crippen LogP contribution in [0.5, 0.6) is 0 Å². The fraction of sp³-hybridized carbons (Fsp3) is 0.211. The smallest absolute Gasteiger partial charge is 0.230 e. The number of benzene rings is 2. The number of halogens is 1. The fourth-order valence-corrected chi connectivity index (χ4v) is 3.18. The molecular weight excluding hydrogens is 337 g/mol. The Balaban J connectivity index is 1.50. The van der Waals surface area contributed by atoms with Gasteiger partial charge in [0.1, 0.15) is 10.8 Å². The summed E-state index contributed by atoms with van der Waals surface area (Å²) in [6, 6.07) is 14.0. The number of rotatable bonds is 6. The van der Waals surface area contributed by atoms with E-state index in [4.69, 9.17) is 0 Å². The number of para-hydroxylation sites is 2. The van der Waals surface area contributed by atoms with Crippen LogP contribution in [0.2, 0.25) is 0 Å². The van der Waals surface area contributed by atoms with Gasteiger partial charge in [0.2, 0.25) is 5.91 Å². The summed E-state index contributed by atoms with van der Waals surface area (Å²) in [7, 11) is 0. The molecule has 6 heteroatoms. The van der Waals surface area contributed by atoms with Gasteiger partial charge in [0.25, 0.3) is 0 Å². The molecule has 3 rings (SSSR count). The molecule has 0 bridgehead atoms. The van der Waals surface area contributed by atoms with Crippen molar-refractivity contribution in [3.8, 4) is 0 Å². The van der Waals surface area contributed by atoms with E-state index in [1.165, 1.54) is 23.9 Å². The van der Waals surface area contributed by atoms with Crippen molar-refractivity contribution < 1.29 is 9.18 Å². The maximum absolute atomic E-state index is 12.8. The Hall–Kier alpha value is -2.47. The van der Waals surface area contributed by atoms with Crippen LogP contribution in [0.15, 0.2) is 53.6 Å². The lowest BCUT2D eigenvalue weighted by Gasteiger charge is -2.07. The highest BCUT2D eigenvalue weighted by molar-refractivity contribution is 7.99. The van der Waals surface area contributed by atoms with Gasteiger partial charge in [-0.3, -0.25) is 4.79 Å². The summed E-state index contributed by atoms with van der Waals surface area (Å²) in [5.41, 5.74) is 3.49. The second-order valence-corrected chi connectivity index (χ2v) is 6.58. The molecule has 3 aromatic rings. The Labute approximate surface area is 149 Å². The van der Waals surface area contributed by atoms with E-state index in [0.717, 1.165) is 27.3 Å². The normalized spacial score (nSPS) is 10.8. The second kappa shape index (κ2) is 8.07. The van der Waals surface area contributed by atoms with Gasteiger partial charge in [-0.1, -0.05) is 36.0 Å². The van der Waals surface area contributed by atoms with E-state index in [9.17, 15) is 9.18 Å². The van der Waals surface area contributed by atoms with Crippen molar-refractivity contribution >= 4 is 28.7 Å². The van der Waals surface area contributed by atoms with E-state index in [0.29, 0.717) is 13.0 Å². The van der Waals surface area contributed by atoms with Gasteiger partial charge in [-0.15, -0.1) is 0 Å². The molecule has 2 aromatic carbocycles. The minimum atomic E-state index is -0.254. The number of hydrogen-bond acceptors (Lipinski definition) is 4. The van der Waals surface area contributed by atoms with Gasteiger partial charge in [-0.2, -0.15) is 0 Å². The van der Waals surface area contributed by atoms with Crippen LogP contribution in [0.1, 0.15) is 11.3 Å². The van der Waals surface area contributed by atoms with Crippen LogP contribution in [0.3, 0.4) is 0 Å². The highest BCUT2D eigenvalue weighted by Gasteiger charge is 2.08. The number of hydrogen-bond donors (Lipinski definition) is 1. The third-order valence-corrected chi connectivity index (χ3v) is 4.76. The summed E-state index contributed by atoms with van der Waals surface area (Å²) in [5, 5.41) is 3.64. The van der Waals surface area contributed by atoms with Crippen molar-refractivity contribution in [2.75, 3.05) is 12.3 Å². The molecular formula is C19H18FN3OS. The Morgan fingerprint density at radius 2 is 1.76 bits per heavy atom. The Morgan fingerprint density at radius 1 is 1.08 bits per heavy atom. The number of aryl methyl sites for hydroxylation is 1. The third kappa shape index (κ3) is 4.76. The van der Waals surface area contributed by atoms with Crippen LogP contribution in [-0.2, 0) is 11.2 Å². The minimum Gasteiger partial charge on any atom is -0.355 e. The van der Waals surface area contributed by atoms with E-state index in [1.54, 1.807) is 12.1 Å². The summed E-state index contributed by atoms with van der Waals surface area (Å²) < 4.78 is 12.8. The molecule has 128 valence electrons. The summed E-state index contributed by atoms with van der Waals surface area (Å²) in [6.07, 6.45) is 0.672. The maximum Gasteiger partial charge on any atom is 0.230 e. The highest BCUT2D eigenvalue weighted by Crippen LogP contribution is 2.21. The lowest BCUT2D eigenvalue weighted by molar-refractivity contribution is -0.118. The zero-order valence-corrected chi connectivity index (χ0v) is 14.6. The molecule has 0 saturated heterocycles. The molecule has 0 fully saturated rings. The van der Waals surface area contributed by atoms with Gasteiger partial charge in [0.05, 0.1) is 22.5 Å². The van der Waals surface area contributed by atoms with Gasteiger partial charge in [0.15, 0.2) is 0 Å². The molecule has 1 amide bonds. The molecule has 0 aliphatic carbocycles. The van der Waals surface area contributed by atoms with E-state index in [1.807, 2.05) is 31.2 Å². The largest absolute Gasteiger partial charge is 0.355 e. The molecule has 0 unspecified atom stereocenters. The van der Waals surface area contributed by atoms with Crippen LogP contribution in [-0.4, -0.2) is 28.2 Å². The van der Waals surface area contributed by atoms with Crippen LogP contribution in [0.4, 0.5) is 4.39 Å². The molecule has 1 heterocycles. The second-order valence-electron chi connectivity index (χ2n) is 5.62. The Morgan fingerprint density at radius 3 is 2.48 bits per heavy atom. The van der Waals surface area contributed by atoms with Gasteiger partial charge in [0, 0.05) is 6.54 Å². The molecule has 0 radical (unpaired) electrons. The number of nitrogens with one attached hydrogen (secondary N) is 1. The van der Waals surface area contributed by atoms with Crippen LogP contribution in [0, 0.1) is 12.7 Å². The number of amides is 1. The number of fused-ring (bicyclic) bond motifs is 1. The standard InChI is InChI=1S/C19H18FN3OS/c1-13-19(23-17-5-3-2-4-16(17)22-13)25-12-18(24)21-11-10-14-6-8-15(20)9-7-14/h2-9H,10-12H2,1H3,(H,21,24). The first-order chi connectivity index (χ1) is 12.1. The average molecular weight is 355 g/mol. The van der Waals surface area contributed by atoms with Gasteiger partial charge >= 0.3 is 0 Å². The number of aromatic nitrogens is 2. The van der Waals surface area contributed by atoms with Crippen molar-refractivity contribution in [3.63, 3.8) is 0 Å². The van der Waals surface area contributed by atoms with E-state index < -0.39 is 0 Å². The molecule has 1 aromatic heterocycles. The predicted molar refractivity (Wildman–Crippen MR) is 98.1 cm³/mol. The summed E-state index contributed by atoms with van der Waals surface area (Å²) in [4.78, 5) is 21.1. The molecule has 25 heavy (non-hydrogen) atoms. The predicted octanol–water partition coefficient (Wildman–Crippen LogP) is 3.53. The highest BCUT2D eigenvalue weighted by atomic mass is 32.2. The summed E-state index contributed by atoms with van der Waals surface area (Å²) in [6.45, 7) is 2.42. The van der Waals surface area contributed by atoms with Crippen molar-refractivity contribution in [1.29, 1.82) is 0 Å². The zero-order valence-electron chi connectivity index (χ0n) is 13.8. The van der Waals surface area contributed by atoms with E-state index >= 15 is 0 Å². The Kier molecular flexibility index (Phi) is 5.60. The quantitative estimate of drug-likeness (QED) is 0.687. The molecule has 0 aliphatic rings. The van der Waals surface area contributed by atoms with Crippen molar-refractivity contribution in [2.45, 2.75) is 18.4 Å². The van der Waals surface area contributed by atoms with Crippen molar-refractivity contribution in [2.24, 2.45) is 0 Å². The van der Waals surface area contributed by atoms with Gasteiger partial charge in [-0.25, -0.2) is 14.4 Å². The van der Waals surface area contributed by atoms with E-state index in [2.05, 4.69) is 15.3 Å². The number of nitrogens with zero attached hydrogens (tertiary/aromatic N) is 2. The summed E-state index contributed by atoms with van der Waals surface area (Å²) >= 11 is 1.38. The molecule has 0 atom stereocenters. The molecule has 0 spiro atoms. The summed E-state index contributed by atoms with van der Waals surface area (Å²) in [5.74, 6) is -0.0189. The lowest BCUT2D eigenvalue weighted by Crippen LogP contribution is -2.27. The number of carbonyl (C=O) groups excluding carboxylic acids is 1. The molecule has 1 N–H and O–H groups in total. The molecule has 0 aliphatic heterocycles. The van der Waals surface area contributed by atoms with Crippen LogP contribution < -0.4 is 5.32 Å². The maximum atomic E-state index is 12.8. The minimum absolute atomic E-state index is 0.0542. The monoisotopic (exact) mass is 355 g/mol. The fourth-order valence-electron chi connectivity index (χ4n) is 2.39. The SMILES string of the molecule is Cc1nc2ccccc2nc1SCC(=O)NCCc1ccc(F)cc1. The third-order valence-electron chi connectivity index (χ3n) is 3.69. The van der Waals surface area contributed by atoms with Crippen molar-refractivity contribution in [3.05, 3.63) is 65.6 Å². The Bertz CT molecular complexity index is 883. The van der Waals surface area contributed by atoms with Gasteiger partial charge < -0.3 is 5.32 Å². The number of thioether (sulfide) groups is 1. The first-order valence-corrected chi connectivity index (χ1v) is 8.98. The average Bonchev–Trinajstić information content (AvgIpc) is 2.61. The first kappa shape index (κ1) is 17.4. The first-order valence-electron chi connectivity index (χ1n) is 7.99. The molecule has 4 nitrogen and oxygen atoms in total. The van der Waals surface area contributed by atoms with Crippen LogP contribution >= 0.6 is 11.8 Å². The lowest BCUT2D eigenvalue weighted by atomic mass is 10.1. The zero-order chi connectivity index (χ0) is 17.6. The topological polar surface area (TPSA) is 54.9 Å². The van der Waals surface area contributed by atoms with E-state index in [-0.39, 0.29) is 17.5 Å². The van der Waals surface area contributed by atoms with Gasteiger partial charge in [-0.05, 0) is 43.2 Å².